The SMILES string of the molecule is Cc1cnc(N2CC(CS)CC2=O)c(C)c1. The summed E-state index contributed by atoms with van der Waals surface area (Å²) in [6.07, 6.45) is 2.40. The van der Waals surface area contributed by atoms with Crippen molar-refractivity contribution in [3.05, 3.63) is 23.4 Å². The van der Waals surface area contributed by atoms with E-state index >= 15 is 0 Å². The molecule has 3 nitrogen and oxygen atoms in total. The maximum absolute atomic E-state index is 11.8. The Kier molecular flexibility index (Phi) is 3.19. The summed E-state index contributed by atoms with van der Waals surface area (Å²) >= 11 is 4.25. The lowest BCUT2D eigenvalue weighted by Gasteiger charge is -2.17. The highest BCUT2D eigenvalue weighted by molar-refractivity contribution is 7.80. The van der Waals surface area contributed by atoms with Gasteiger partial charge in [0, 0.05) is 19.2 Å². The van der Waals surface area contributed by atoms with Crippen LogP contribution in [0.3, 0.4) is 0 Å². The Balaban J connectivity index is 2.28. The molecule has 0 aromatic carbocycles. The number of anilines is 1. The maximum Gasteiger partial charge on any atom is 0.228 e. The van der Waals surface area contributed by atoms with Crippen LogP contribution in [0.1, 0.15) is 17.5 Å². The van der Waals surface area contributed by atoms with Gasteiger partial charge in [0.15, 0.2) is 0 Å². The minimum absolute atomic E-state index is 0.165. The fourth-order valence-electron chi connectivity index (χ4n) is 2.10. The van der Waals surface area contributed by atoms with E-state index in [1.807, 2.05) is 20.0 Å². The van der Waals surface area contributed by atoms with Crippen molar-refractivity contribution in [2.24, 2.45) is 5.92 Å². The molecule has 1 saturated heterocycles. The fourth-order valence-corrected chi connectivity index (χ4v) is 2.34. The molecule has 4 heteroatoms. The standard InChI is InChI=1S/C12H16N2OS/c1-8-3-9(2)12(13-5-8)14-6-10(7-16)4-11(14)15/h3,5,10,16H,4,6-7H2,1-2H3. The lowest BCUT2D eigenvalue weighted by atomic mass is 10.1. The zero-order valence-electron chi connectivity index (χ0n) is 9.60. The average Bonchev–Trinajstić information content (AvgIpc) is 2.60. The summed E-state index contributed by atoms with van der Waals surface area (Å²) in [5.74, 6) is 2.09. The van der Waals surface area contributed by atoms with Gasteiger partial charge in [-0.25, -0.2) is 4.98 Å². The van der Waals surface area contributed by atoms with Gasteiger partial charge in [-0.05, 0) is 36.6 Å². The Bertz CT molecular complexity index is 419. The Morgan fingerprint density at radius 1 is 1.56 bits per heavy atom. The molecule has 0 bridgehead atoms. The van der Waals surface area contributed by atoms with Crippen LogP contribution in [0.2, 0.25) is 0 Å². The average molecular weight is 236 g/mol. The zero-order valence-corrected chi connectivity index (χ0v) is 10.5. The van der Waals surface area contributed by atoms with E-state index in [0.717, 1.165) is 29.2 Å². The van der Waals surface area contributed by atoms with Crippen LogP contribution in [0, 0.1) is 19.8 Å². The smallest absolute Gasteiger partial charge is 0.228 e. The molecular weight excluding hydrogens is 220 g/mol. The predicted molar refractivity (Wildman–Crippen MR) is 68.0 cm³/mol. The topological polar surface area (TPSA) is 33.2 Å². The molecule has 1 aliphatic rings. The normalized spacial score (nSPS) is 20.6. The van der Waals surface area contributed by atoms with E-state index in [4.69, 9.17) is 0 Å². The molecule has 0 aliphatic carbocycles. The van der Waals surface area contributed by atoms with Crippen molar-refractivity contribution in [1.29, 1.82) is 0 Å². The summed E-state index contributed by atoms with van der Waals surface area (Å²) in [6.45, 7) is 4.75. The number of thiol groups is 1. The van der Waals surface area contributed by atoms with Crippen LogP contribution < -0.4 is 4.90 Å². The fraction of sp³-hybridized carbons (Fsp3) is 0.500. The molecule has 1 unspecified atom stereocenters. The second-order valence-electron chi connectivity index (χ2n) is 4.41. The van der Waals surface area contributed by atoms with Gasteiger partial charge in [-0.1, -0.05) is 6.07 Å². The van der Waals surface area contributed by atoms with E-state index in [1.54, 1.807) is 4.90 Å². The van der Waals surface area contributed by atoms with E-state index in [1.165, 1.54) is 0 Å². The van der Waals surface area contributed by atoms with Crippen molar-refractivity contribution in [3.8, 4) is 0 Å². The third-order valence-corrected chi connectivity index (χ3v) is 3.42. The summed E-state index contributed by atoms with van der Waals surface area (Å²) in [7, 11) is 0. The first kappa shape index (κ1) is 11.5. The van der Waals surface area contributed by atoms with Crippen molar-refractivity contribution >= 4 is 24.4 Å². The van der Waals surface area contributed by atoms with Gasteiger partial charge in [-0.2, -0.15) is 12.6 Å². The summed E-state index contributed by atoms with van der Waals surface area (Å²) in [5.41, 5.74) is 2.19. The van der Waals surface area contributed by atoms with Gasteiger partial charge in [-0.15, -0.1) is 0 Å². The molecule has 0 spiro atoms. The van der Waals surface area contributed by atoms with Crippen LogP contribution in [0.4, 0.5) is 5.82 Å². The molecule has 2 heterocycles. The highest BCUT2D eigenvalue weighted by Crippen LogP contribution is 2.26. The van der Waals surface area contributed by atoms with Crippen LogP contribution in [0.25, 0.3) is 0 Å². The highest BCUT2D eigenvalue weighted by atomic mass is 32.1. The number of rotatable bonds is 2. The Morgan fingerprint density at radius 2 is 2.31 bits per heavy atom. The van der Waals surface area contributed by atoms with E-state index in [-0.39, 0.29) is 5.91 Å². The van der Waals surface area contributed by atoms with Gasteiger partial charge in [0.2, 0.25) is 5.91 Å². The molecule has 0 saturated carbocycles. The van der Waals surface area contributed by atoms with Gasteiger partial charge < -0.3 is 0 Å². The Labute approximate surface area is 101 Å². The molecule has 0 radical (unpaired) electrons. The van der Waals surface area contributed by atoms with Crippen molar-refractivity contribution in [2.75, 3.05) is 17.2 Å². The molecule has 16 heavy (non-hydrogen) atoms. The van der Waals surface area contributed by atoms with Crippen LogP contribution in [0.5, 0.6) is 0 Å². The Morgan fingerprint density at radius 3 is 2.88 bits per heavy atom. The zero-order chi connectivity index (χ0) is 11.7. The van der Waals surface area contributed by atoms with Crippen molar-refractivity contribution < 1.29 is 4.79 Å². The van der Waals surface area contributed by atoms with E-state index in [9.17, 15) is 4.79 Å². The number of carbonyl (C=O) groups is 1. The number of pyridine rings is 1. The van der Waals surface area contributed by atoms with E-state index in [0.29, 0.717) is 12.3 Å². The first-order valence-corrected chi connectivity index (χ1v) is 6.09. The third kappa shape index (κ3) is 2.07. The van der Waals surface area contributed by atoms with Gasteiger partial charge in [0.25, 0.3) is 0 Å². The second-order valence-corrected chi connectivity index (χ2v) is 4.78. The second kappa shape index (κ2) is 4.45. The van der Waals surface area contributed by atoms with Gasteiger partial charge in [0.1, 0.15) is 5.82 Å². The van der Waals surface area contributed by atoms with Gasteiger partial charge in [-0.3, -0.25) is 9.69 Å². The molecule has 1 amide bonds. The highest BCUT2D eigenvalue weighted by Gasteiger charge is 2.31. The van der Waals surface area contributed by atoms with Crippen LogP contribution in [-0.2, 0) is 4.79 Å². The summed E-state index contributed by atoms with van der Waals surface area (Å²) in [4.78, 5) is 18.0. The maximum atomic E-state index is 11.8. The van der Waals surface area contributed by atoms with Crippen LogP contribution >= 0.6 is 12.6 Å². The number of hydrogen-bond acceptors (Lipinski definition) is 3. The molecule has 1 fully saturated rings. The minimum atomic E-state index is 0.165. The molecule has 86 valence electrons. The van der Waals surface area contributed by atoms with Crippen LogP contribution in [-0.4, -0.2) is 23.2 Å². The van der Waals surface area contributed by atoms with Crippen molar-refractivity contribution in [3.63, 3.8) is 0 Å². The summed E-state index contributed by atoms with van der Waals surface area (Å²) in [5, 5.41) is 0. The third-order valence-electron chi connectivity index (χ3n) is 2.91. The van der Waals surface area contributed by atoms with Gasteiger partial charge in [0.05, 0.1) is 0 Å². The Hall–Kier alpha value is -1.03. The number of nitrogens with zero attached hydrogens (tertiary/aromatic N) is 2. The van der Waals surface area contributed by atoms with Gasteiger partial charge >= 0.3 is 0 Å². The summed E-state index contributed by atoms with van der Waals surface area (Å²) in [6, 6.07) is 2.06. The lowest BCUT2D eigenvalue weighted by molar-refractivity contribution is -0.117. The van der Waals surface area contributed by atoms with Crippen LogP contribution in [0.15, 0.2) is 12.3 Å². The number of hydrogen-bond donors (Lipinski definition) is 1. The number of carbonyl (C=O) groups excluding carboxylic acids is 1. The molecular formula is C12H16N2OS. The quantitative estimate of drug-likeness (QED) is 0.797. The molecule has 1 aromatic rings. The number of amides is 1. The first-order chi connectivity index (χ1) is 7.61. The van der Waals surface area contributed by atoms with Crippen molar-refractivity contribution in [1.82, 2.24) is 4.98 Å². The monoisotopic (exact) mass is 236 g/mol. The summed E-state index contributed by atoms with van der Waals surface area (Å²) < 4.78 is 0. The number of aryl methyl sites for hydroxylation is 2. The molecule has 2 rings (SSSR count). The minimum Gasteiger partial charge on any atom is -0.296 e. The molecule has 1 aliphatic heterocycles. The molecule has 1 atom stereocenters. The lowest BCUT2D eigenvalue weighted by Crippen LogP contribution is -2.26. The number of aromatic nitrogens is 1. The predicted octanol–water partition coefficient (Wildman–Crippen LogP) is 1.98. The van der Waals surface area contributed by atoms with E-state index in [2.05, 4.69) is 23.7 Å². The molecule has 1 aromatic heterocycles. The molecule has 0 N–H and O–H groups in total. The first-order valence-electron chi connectivity index (χ1n) is 5.46. The van der Waals surface area contributed by atoms with E-state index < -0.39 is 0 Å². The largest absolute Gasteiger partial charge is 0.296 e. The van der Waals surface area contributed by atoms with Crippen molar-refractivity contribution in [2.45, 2.75) is 20.3 Å².